The maximum atomic E-state index is 12.7. The van der Waals surface area contributed by atoms with Gasteiger partial charge < -0.3 is 9.47 Å². The third-order valence-electron chi connectivity index (χ3n) is 6.58. The molecule has 4 aromatic carbocycles. The van der Waals surface area contributed by atoms with Crippen LogP contribution in [0.25, 0.3) is 0 Å². The number of carbonyl (C=O) groups is 4. The molecule has 0 heterocycles. The van der Waals surface area contributed by atoms with Gasteiger partial charge in [0.05, 0.1) is 0 Å². The van der Waals surface area contributed by atoms with Crippen LogP contribution in [0.5, 0.6) is 0 Å². The molecule has 0 saturated carbocycles. The van der Waals surface area contributed by atoms with Crippen molar-refractivity contribution in [1.82, 2.24) is 0 Å². The summed E-state index contributed by atoms with van der Waals surface area (Å²) in [7, 11) is 0. The summed E-state index contributed by atoms with van der Waals surface area (Å²) in [6, 6.07) is 36.0. The number of carbonyl (C=O) groups excluding carboxylic acids is 4. The molecule has 0 aromatic heterocycles. The van der Waals surface area contributed by atoms with E-state index in [2.05, 4.69) is 31.9 Å². The highest BCUT2D eigenvalue weighted by molar-refractivity contribution is 9.09. The fourth-order valence-electron chi connectivity index (χ4n) is 4.26. The molecule has 4 rings (SSSR count). The Labute approximate surface area is 281 Å². The third-order valence-corrected chi connectivity index (χ3v) is 7.70. The summed E-state index contributed by atoms with van der Waals surface area (Å²) in [4.78, 5) is 49.4. The van der Waals surface area contributed by atoms with Gasteiger partial charge in [0.2, 0.25) is 11.6 Å². The van der Waals surface area contributed by atoms with Crippen LogP contribution in [-0.4, -0.2) is 34.2 Å². The highest BCUT2D eigenvalue weighted by Crippen LogP contribution is 2.25. The summed E-state index contributed by atoms with van der Waals surface area (Å²) in [5, 5.41) is 1.58. The number of hydrogen-bond acceptors (Lipinski definition) is 6. The summed E-state index contributed by atoms with van der Waals surface area (Å²) in [5.74, 6) is -1.12. The zero-order valence-electron chi connectivity index (χ0n) is 24.9. The van der Waals surface area contributed by atoms with Crippen LogP contribution < -0.4 is 0 Å². The number of hydrogen-bond donors (Lipinski definition) is 0. The van der Waals surface area contributed by atoms with Crippen molar-refractivity contribution in [2.24, 2.45) is 0 Å². The molecule has 2 atom stereocenters. The Morgan fingerprint density at radius 2 is 0.800 bits per heavy atom. The van der Waals surface area contributed by atoms with Crippen LogP contribution in [0.15, 0.2) is 121 Å². The Kier molecular flexibility index (Phi) is 16.0. The van der Waals surface area contributed by atoms with Gasteiger partial charge in [-0.15, -0.1) is 0 Å². The average Bonchev–Trinajstić information content (AvgIpc) is 3.10. The van der Waals surface area contributed by atoms with Gasteiger partial charge in [0.25, 0.3) is 0 Å². The minimum Gasteiger partial charge on any atom is -0.449 e. The molecule has 0 N–H and O–H groups in total. The van der Waals surface area contributed by atoms with Gasteiger partial charge >= 0.3 is 11.9 Å². The van der Waals surface area contributed by atoms with E-state index >= 15 is 0 Å². The van der Waals surface area contributed by atoms with Crippen LogP contribution in [-0.2, 0) is 19.1 Å². The van der Waals surface area contributed by atoms with Crippen molar-refractivity contribution in [3.8, 4) is 0 Å². The van der Waals surface area contributed by atoms with Crippen molar-refractivity contribution in [3.05, 3.63) is 144 Å². The molecule has 0 saturated heterocycles. The van der Waals surface area contributed by atoms with Gasteiger partial charge in [0, 0.05) is 45.8 Å². The largest absolute Gasteiger partial charge is 0.449 e. The number of ether oxygens (including phenoxy) is 2. The number of benzene rings is 4. The van der Waals surface area contributed by atoms with Crippen LogP contribution >= 0.6 is 31.9 Å². The zero-order chi connectivity index (χ0) is 32.3. The smallest absolute Gasteiger partial charge is 0.306 e. The number of Topliss-reactive ketones (excluding diaryl/α,β-unsaturated/α-hetero) is 2. The summed E-state index contributed by atoms with van der Waals surface area (Å²) >= 11 is 6.61. The molecular weight excluding hydrogens is 700 g/mol. The molecule has 4 aromatic rings. The summed E-state index contributed by atoms with van der Waals surface area (Å²) in [6.45, 7) is 0. The summed E-state index contributed by atoms with van der Waals surface area (Å²) < 4.78 is 10.9. The molecule has 0 amide bonds. The first-order valence-electron chi connectivity index (χ1n) is 14.7. The Balaban J connectivity index is 0.000000246. The first-order valence-corrected chi connectivity index (χ1v) is 17.0. The van der Waals surface area contributed by atoms with E-state index in [0.717, 1.165) is 23.5 Å². The molecule has 8 heteroatoms. The van der Waals surface area contributed by atoms with E-state index in [1.807, 2.05) is 48.5 Å². The molecular formula is C37H36Br2O6. The second kappa shape index (κ2) is 20.2. The predicted molar refractivity (Wildman–Crippen MR) is 183 cm³/mol. The molecule has 0 spiro atoms. The number of rotatable bonds is 15. The number of ketones is 2. The van der Waals surface area contributed by atoms with E-state index in [1.54, 1.807) is 72.8 Å². The normalized spacial score (nSPS) is 11.7. The molecule has 0 aliphatic heterocycles. The SMILES string of the molecule is O=C(CCCBr)OC(C(=O)c1ccccc1)c1ccccc1.O=C(CCCCBr)OC(C(=O)c1ccccc1)c1ccccc1. The van der Waals surface area contributed by atoms with E-state index in [-0.39, 0.29) is 29.9 Å². The van der Waals surface area contributed by atoms with Gasteiger partial charge in [-0.05, 0) is 19.3 Å². The second-order valence-electron chi connectivity index (χ2n) is 9.96. The maximum Gasteiger partial charge on any atom is 0.306 e. The lowest BCUT2D eigenvalue weighted by Gasteiger charge is -2.17. The Bertz CT molecular complexity index is 1460. The van der Waals surface area contributed by atoms with Crippen LogP contribution in [0.3, 0.4) is 0 Å². The summed E-state index contributed by atoms with van der Waals surface area (Å²) in [5.41, 5.74) is 2.44. The highest BCUT2D eigenvalue weighted by atomic mass is 79.9. The van der Waals surface area contributed by atoms with Crippen molar-refractivity contribution in [2.45, 2.75) is 44.3 Å². The van der Waals surface area contributed by atoms with E-state index in [9.17, 15) is 19.2 Å². The molecule has 2 unspecified atom stereocenters. The number of alkyl halides is 2. The molecule has 0 aliphatic carbocycles. The highest BCUT2D eigenvalue weighted by Gasteiger charge is 2.27. The van der Waals surface area contributed by atoms with E-state index in [1.165, 1.54) is 0 Å². The van der Waals surface area contributed by atoms with E-state index in [4.69, 9.17) is 9.47 Å². The monoisotopic (exact) mass is 734 g/mol. The van der Waals surface area contributed by atoms with Crippen molar-refractivity contribution < 1.29 is 28.7 Å². The average molecular weight is 736 g/mol. The fourth-order valence-corrected chi connectivity index (χ4v) is 4.94. The number of halogens is 2. The van der Waals surface area contributed by atoms with Gasteiger partial charge in [0.15, 0.2) is 12.2 Å². The molecule has 0 radical (unpaired) electrons. The maximum absolute atomic E-state index is 12.7. The Morgan fingerprint density at radius 3 is 1.16 bits per heavy atom. The van der Waals surface area contributed by atoms with E-state index in [0.29, 0.717) is 35.1 Å². The predicted octanol–water partition coefficient (Wildman–Crippen LogP) is 9.05. The minimum absolute atomic E-state index is 0.203. The van der Waals surface area contributed by atoms with Crippen LogP contribution in [0, 0.1) is 0 Å². The van der Waals surface area contributed by atoms with Gasteiger partial charge in [-0.2, -0.15) is 0 Å². The molecule has 6 nitrogen and oxygen atoms in total. The van der Waals surface area contributed by atoms with Crippen LogP contribution in [0.4, 0.5) is 0 Å². The lowest BCUT2D eigenvalue weighted by Crippen LogP contribution is -2.20. The molecule has 0 fully saturated rings. The fraction of sp³-hybridized carbons (Fsp3) is 0.243. The van der Waals surface area contributed by atoms with E-state index < -0.39 is 12.2 Å². The van der Waals surface area contributed by atoms with Crippen molar-refractivity contribution in [2.75, 3.05) is 10.7 Å². The van der Waals surface area contributed by atoms with Gasteiger partial charge in [0.1, 0.15) is 0 Å². The summed E-state index contributed by atoms with van der Waals surface area (Å²) in [6.07, 6.45) is 1.14. The molecule has 0 bridgehead atoms. The second-order valence-corrected chi connectivity index (χ2v) is 11.5. The number of unbranched alkanes of at least 4 members (excludes halogenated alkanes) is 1. The lowest BCUT2D eigenvalue weighted by molar-refractivity contribution is -0.148. The Morgan fingerprint density at radius 1 is 0.467 bits per heavy atom. The number of esters is 2. The van der Waals surface area contributed by atoms with Crippen LogP contribution in [0.1, 0.15) is 76.2 Å². The zero-order valence-corrected chi connectivity index (χ0v) is 28.0. The van der Waals surface area contributed by atoms with Gasteiger partial charge in [-0.25, -0.2) is 0 Å². The Hall–Kier alpha value is -3.88. The van der Waals surface area contributed by atoms with Gasteiger partial charge in [-0.3, -0.25) is 19.2 Å². The molecule has 234 valence electrons. The molecule has 0 aliphatic rings. The topological polar surface area (TPSA) is 86.7 Å². The minimum atomic E-state index is -0.897. The lowest BCUT2D eigenvalue weighted by atomic mass is 10.00. The molecule has 45 heavy (non-hydrogen) atoms. The quantitative estimate of drug-likeness (QED) is 0.0524. The van der Waals surface area contributed by atoms with Gasteiger partial charge in [-0.1, -0.05) is 153 Å². The van der Waals surface area contributed by atoms with Crippen LogP contribution in [0.2, 0.25) is 0 Å². The first kappa shape index (κ1) is 35.6. The third kappa shape index (κ3) is 12.2. The van der Waals surface area contributed by atoms with Crippen molar-refractivity contribution in [1.29, 1.82) is 0 Å². The van der Waals surface area contributed by atoms with Crippen molar-refractivity contribution >= 4 is 55.4 Å². The standard InChI is InChI=1S/C19H19BrO3.C18H17BrO3/c20-14-8-7-13-17(21)23-19(16-11-5-2-6-12-16)18(22)15-9-3-1-4-10-15;19-13-7-12-16(20)22-18(15-10-5-2-6-11-15)17(21)14-8-3-1-4-9-14/h1-6,9-12,19H,7-8,13-14H2;1-6,8-11,18H,7,12-13H2. The van der Waals surface area contributed by atoms with Crippen molar-refractivity contribution in [3.63, 3.8) is 0 Å². The first-order chi connectivity index (χ1) is 21.9.